The zero-order valence-corrected chi connectivity index (χ0v) is 22.9. The minimum atomic E-state index is -0.440. The Balaban J connectivity index is 1.31. The summed E-state index contributed by atoms with van der Waals surface area (Å²) in [5, 5.41) is 2.50. The molecule has 0 spiro atoms. The first kappa shape index (κ1) is 25.1. The SMILES string of the molecule is O=C1c2c(OCc3ccccc3)c(=O)nc(CC3(c4cccc5ccccc45)CCCC3)n2CCN1CC1CC1. The fourth-order valence-electron chi connectivity index (χ4n) is 6.87. The summed E-state index contributed by atoms with van der Waals surface area (Å²) in [5.74, 6) is 1.27. The summed E-state index contributed by atoms with van der Waals surface area (Å²) in [7, 11) is 0. The number of hydrogen-bond donors (Lipinski definition) is 0. The number of benzene rings is 3. The lowest BCUT2D eigenvalue weighted by molar-refractivity contribution is 0.0680. The van der Waals surface area contributed by atoms with Gasteiger partial charge in [0.25, 0.3) is 5.91 Å². The van der Waals surface area contributed by atoms with Crippen molar-refractivity contribution in [2.75, 3.05) is 13.1 Å². The Hall–Kier alpha value is -3.93. The van der Waals surface area contributed by atoms with Crippen molar-refractivity contribution in [3.63, 3.8) is 0 Å². The monoisotopic (exact) mass is 533 g/mol. The summed E-state index contributed by atoms with van der Waals surface area (Å²) in [5.41, 5.74) is 2.09. The van der Waals surface area contributed by atoms with Gasteiger partial charge in [0.2, 0.25) is 5.75 Å². The van der Waals surface area contributed by atoms with E-state index < -0.39 is 5.56 Å². The lowest BCUT2D eigenvalue weighted by atomic mass is 9.74. The molecule has 7 rings (SSSR count). The summed E-state index contributed by atoms with van der Waals surface area (Å²) in [4.78, 5) is 34.1. The van der Waals surface area contributed by atoms with Crippen LogP contribution in [0.25, 0.3) is 10.8 Å². The molecule has 6 heteroatoms. The van der Waals surface area contributed by atoms with Gasteiger partial charge in [0.1, 0.15) is 12.4 Å². The molecule has 3 aliphatic rings. The maximum absolute atomic E-state index is 13.9. The zero-order chi connectivity index (χ0) is 27.1. The van der Waals surface area contributed by atoms with Crippen LogP contribution in [0.4, 0.5) is 0 Å². The van der Waals surface area contributed by atoms with Gasteiger partial charge in [-0.15, -0.1) is 0 Å². The smallest absolute Gasteiger partial charge is 0.316 e. The molecule has 2 saturated carbocycles. The molecule has 1 amide bonds. The number of amides is 1. The number of ether oxygens (including phenoxy) is 1. The van der Waals surface area contributed by atoms with Crippen molar-refractivity contribution in [3.8, 4) is 5.75 Å². The first-order valence-electron chi connectivity index (χ1n) is 14.7. The summed E-state index contributed by atoms with van der Waals surface area (Å²) in [6.45, 7) is 2.24. The molecule has 40 heavy (non-hydrogen) atoms. The van der Waals surface area contributed by atoms with E-state index in [-0.39, 0.29) is 23.7 Å². The summed E-state index contributed by atoms with van der Waals surface area (Å²) >= 11 is 0. The predicted octanol–water partition coefficient (Wildman–Crippen LogP) is 5.90. The number of rotatable bonds is 8. The molecule has 2 heterocycles. The maximum Gasteiger partial charge on any atom is 0.316 e. The van der Waals surface area contributed by atoms with Crippen LogP contribution in [0.3, 0.4) is 0 Å². The Bertz CT molecular complexity index is 1610. The molecule has 0 saturated heterocycles. The topological polar surface area (TPSA) is 64.4 Å². The van der Waals surface area contributed by atoms with Crippen LogP contribution < -0.4 is 10.3 Å². The van der Waals surface area contributed by atoms with Crippen molar-refractivity contribution in [3.05, 3.63) is 106 Å². The van der Waals surface area contributed by atoms with Crippen LogP contribution in [-0.2, 0) is 25.0 Å². The van der Waals surface area contributed by atoms with Gasteiger partial charge < -0.3 is 14.2 Å². The number of aromatic nitrogens is 2. The van der Waals surface area contributed by atoms with Crippen LogP contribution in [0.2, 0.25) is 0 Å². The van der Waals surface area contributed by atoms with Crippen molar-refractivity contribution >= 4 is 16.7 Å². The average molecular weight is 534 g/mol. The molecule has 6 nitrogen and oxygen atoms in total. The maximum atomic E-state index is 13.9. The Labute approximate surface area is 234 Å². The molecule has 0 radical (unpaired) electrons. The normalized spacial score (nSPS) is 18.2. The van der Waals surface area contributed by atoms with E-state index >= 15 is 0 Å². The predicted molar refractivity (Wildman–Crippen MR) is 156 cm³/mol. The Morgan fingerprint density at radius 3 is 2.42 bits per heavy atom. The van der Waals surface area contributed by atoms with Gasteiger partial charge in [-0.3, -0.25) is 9.59 Å². The van der Waals surface area contributed by atoms with Gasteiger partial charge in [0.15, 0.2) is 5.69 Å². The third-order valence-electron chi connectivity index (χ3n) is 9.12. The highest BCUT2D eigenvalue weighted by Gasteiger charge is 2.40. The van der Waals surface area contributed by atoms with Gasteiger partial charge in [0.05, 0.1) is 0 Å². The molecular weight excluding hydrogens is 498 g/mol. The second-order valence-corrected chi connectivity index (χ2v) is 11.8. The fraction of sp³-hybridized carbons (Fsp3) is 0.382. The molecule has 1 aromatic heterocycles. The van der Waals surface area contributed by atoms with Gasteiger partial charge in [-0.25, -0.2) is 0 Å². The molecule has 1 aliphatic heterocycles. The van der Waals surface area contributed by atoms with E-state index in [1.165, 1.54) is 29.2 Å². The Kier molecular flexibility index (Phi) is 6.41. The lowest BCUT2D eigenvalue weighted by Crippen LogP contribution is -2.45. The van der Waals surface area contributed by atoms with Crippen LogP contribution in [0, 0.1) is 5.92 Å². The molecule has 2 fully saturated rings. The first-order chi connectivity index (χ1) is 19.6. The second-order valence-electron chi connectivity index (χ2n) is 11.8. The summed E-state index contributed by atoms with van der Waals surface area (Å²) < 4.78 is 8.12. The fourth-order valence-corrected chi connectivity index (χ4v) is 6.87. The Morgan fingerprint density at radius 1 is 0.875 bits per heavy atom. The van der Waals surface area contributed by atoms with E-state index in [0.717, 1.165) is 37.8 Å². The third kappa shape index (κ3) is 4.59. The highest BCUT2D eigenvalue weighted by Crippen LogP contribution is 2.46. The van der Waals surface area contributed by atoms with Crippen molar-refractivity contribution in [2.24, 2.45) is 5.92 Å². The molecule has 2 aliphatic carbocycles. The number of fused-ring (bicyclic) bond motifs is 2. The minimum absolute atomic E-state index is 0.0868. The molecule has 0 bridgehead atoms. The van der Waals surface area contributed by atoms with Gasteiger partial charge in [0, 0.05) is 31.5 Å². The molecule has 0 N–H and O–H groups in total. The minimum Gasteiger partial charge on any atom is -0.481 e. The third-order valence-corrected chi connectivity index (χ3v) is 9.12. The second kappa shape index (κ2) is 10.2. The lowest BCUT2D eigenvalue weighted by Gasteiger charge is -2.35. The summed E-state index contributed by atoms with van der Waals surface area (Å²) in [6, 6.07) is 24.9. The molecule has 0 unspecified atom stereocenters. The highest BCUT2D eigenvalue weighted by atomic mass is 16.5. The number of hydrogen-bond acceptors (Lipinski definition) is 4. The quantitative estimate of drug-likeness (QED) is 0.283. The zero-order valence-electron chi connectivity index (χ0n) is 22.9. The van der Waals surface area contributed by atoms with Crippen molar-refractivity contribution < 1.29 is 9.53 Å². The van der Waals surface area contributed by atoms with E-state index in [2.05, 4.69) is 47.4 Å². The van der Waals surface area contributed by atoms with E-state index in [1.54, 1.807) is 0 Å². The van der Waals surface area contributed by atoms with Crippen LogP contribution in [0.5, 0.6) is 5.75 Å². The van der Waals surface area contributed by atoms with Gasteiger partial charge >= 0.3 is 5.56 Å². The number of carbonyl (C=O) groups is 1. The Morgan fingerprint density at radius 2 is 1.62 bits per heavy atom. The van der Waals surface area contributed by atoms with E-state index in [9.17, 15) is 9.59 Å². The van der Waals surface area contributed by atoms with Crippen molar-refractivity contribution in [2.45, 2.75) is 63.5 Å². The van der Waals surface area contributed by atoms with Gasteiger partial charge in [-0.2, -0.15) is 4.98 Å². The highest BCUT2D eigenvalue weighted by molar-refractivity contribution is 5.96. The number of nitrogens with zero attached hydrogens (tertiary/aromatic N) is 3. The number of carbonyl (C=O) groups excluding carboxylic acids is 1. The van der Waals surface area contributed by atoms with Gasteiger partial charge in [-0.1, -0.05) is 85.6 Å². The van der Waals surface area contributed by atoms with Crippen LogP contribution in [0.1, 0.15) is 66.0 Å². The molecular formula is C34H35N3O3. The first-order valence-corrected chi connectivity index (χ1v) is 14.7. The van der Waals surface area contributed by atoms with E-state index in [0.29, 0.717) is 36.9 Å². The average Bonchev–Trinajstić information content (AvgIpc) is 3.68. The van der Waals surface area contributed by atoms with Crippen LogP contribution in [0.15, 0.2) is 77.6 Å². The van der Waals surface area contributed by atoms with Crippen molar-refractivity contribution in [1.29, 1.82) is 0 Å². The molecule has 204 valence electrons. The van der Waals surface area contributed by atoms with E-state index in [1.807, 2.05) is 39.8 Å². The van der Waals surface area contributed by atoms with E-state index in [4.69, 9.17) is 4.74 Å². The molecule has 3 aromatic carbocycles. The van der Waals surface area contributed by atoms with Crippen LogP contribution in [-0.4, -0.2) is 33.4 Å². The van der Waals surface area contributed by atoms with Crippen molar-refractivity contribution in [1.82, 2.24) is 14.5 Å². The molecule has 4 aromatic rings. The summed E-state index contributed by atoms with van der Waals surface area (Å²) in [6.07, 6.45) is 7.35. The van der Waals surface area contributed by atoms with Crippen LogP contribution >= 0.6 is 0 Å². The standard InChI is InChI=1S/C34H35N3O3/c38-32-31(40-23-25-9-2-1-3-10-25)30-33(39)36(22-24-15-16-24)19-20-37(30)29(35-32)21-34(17-6-7-18-34)28-14-8-12-26-11-4-5-13-27(26)28/h1-5,8-14,24H,6-7,15-23H2. The van der Waals surface area contributed by atoms with Gasteiger partial charge in [-0.05, 0) is 53.5 Å². The largest absolute Gasteiger partial charge is 0.481 e. The molecule has 0 atom stereocenters.